The van der Waals surface area contributed by atoms with Crippen molar-refractivity contribution in [2.24, 2.45) is 5.84 Å². The lowest BCUT2D eigenvalue weighted by Crippen LogP contribution is -2.61. The Morgan fingerprint density at radius 2 is 1.90 bits per heavy atom. The molecule has 0 spiro atoms. The van der Waals surface area contributed by atoms with Crippen molar-refractivity contribution >= 4 is 0 Å². The molecule has 0 fully saturated rings. The Kier molecular flexibility index (Phi) is 6.78. The van der Waals surface area contributed by atoms with Crippen LogP contribution in [0.2, 0.25) is 0 Å². The van der Waals surface area contributed by atoms with Gasteiger partial charge in [-0.15, -0.1) is 0 Å². The average Bonchev–Trinajstić information content (AvgIpc) is 2.47. The number of nitrogens with zero attached hydrogens (tertiary/aromatic N) is 1. The van der Waals surface area contributed by atoms with E-state index < -0.39 is 0 Å². The summed E-state index contributed by atoms with van der Waals surface area (Å²) in [4.78, 5) is 2.44. The molecule has 0 aliphatic heterocycles. The fraction of sp³-hybridized carbons (Fsp3) is 0.647. The number of hydrazine groups is 1. The number of halogens is 1. The molecular formula is C17H30FN3. The first kappa shape index (κ1) is 18.1. The van der Waals surface area contributed by atoms with Crippen LogP contribution in [0.3, 0.4) is 0 Å². The van der Waals surface area contributed by atoms with Crippen LogP contribution in [0, 0.1) is 12.7 Å². The molecule has 0 amide bonds. The predicted molar refractivity (Wildman–Crippen MR) is 87.6 cm³/mol. The van der Waals surface area contributed by atoms with Crippen LogP contribution >= 0.6 is 0 Å². The maximum Gasteiger partial charge on any atom is 0.123 e. The summed E-state index contributed by atoms with van der Waals surface area (Å²) in [6, 6.07) is 5.10. The number of aryl methyl sites for hydroxylation is 1. The zero-order chi connectivity index (χ0) is 16.0. The lowest BCUT2D eigenvalue weighted by atomic mass is 9.83. The van der Waals surface area contributed by atoms with Gasteiger partial charge in [-0.1, -0.05) is 26.8 Å². The second kappa shape index (κ2) is 7.87. The summed E-state index contributed by atoms with van der Waals surface area (Å²) in [7, 11) is 0. The highest BCUT2D eigenvalue weighted by Gasteiger charge is 2.36. The average molecular weight is 295 g/mol. The highest BCUT2D eigenvalue weighted by molar-refractivity contribution is 5.28. The molecular weight excluding hydrogens is 265 g/mol. The van der Waals surface area contributed by atoms with E-state index in [-0.39, 0.29) is 17.4 Å². The largest absolute Gasteiger partial charge is 0.297 e. The molecule has 3 nitrogen and oxygen atoms in total. The molecule has 21 heavy (non-hydrogen) atoms. The van der Waals surface area contributed by atoms with Gasteiger partial charge >= 0.3 is 0 Å². The summed E-state index contributed by atoms with van der Waals surface area (Å²) in [5, 5.41) is 0. The van der Waals surface area contributed by atoms with Crippen LogP contribution in [0.25, 0.3) is 0 Å². The molecule has 3 N–H and O–H groups in total. The second-order valence-electron chi connectivity index (χ2n) is 5.88. The van der Waals surface area contributed by atoms with Crippen molar-refractivity contribution in [1.29, 1.82) is 0 Å². The van der Waals surface area contributed by atoms with Gasteiger partial charge in [0, 0.05) is 11.6 Å². The molecule has 0 aliphatic carbocycles. The first-order valence-electron chi connectivity index (χ1n) is 7.89. The van der Waals surface area contributed by atoms with Crippen molar-refractivity contribution in [3.63, 3.8) is 0 Å². The minimum atomic E-state index is -0.185. The third-order valence-electron chi connectivity index (χ3n) is 4.88. The lowest BCUT2D eigenvalue weighted by Gasteiger charge is -2.45. The molecule has 1 aromatic carbocycles. The number of nitrogens with two attached hydrogens (primary N) is 1. The van der Waals surface area contributed by atoms with Crippen molar-refractivity contribution < 1.29 is 4.39 Å². The fourth-order valence-corrected chi connectivity index (χ4v) is 3.20. The molecule has 0 heterocycles. The summed E-state index contributed by atoms with van der Waals surface area (Å²) in [5.41, 5.74) is 5.09. The molecule has 4 heteroatoms. The van der Waals surface area contributed by atoms with E-state index in [4.69, 9.17) is 5.84 Å². The maximum atomic E-state index is 13.3. The van der Waals surface area contributed by atoms with Gasteiger partial charge in [-0.25, -0.2) is 4.39 Å². The number of rotatable bonds is 8. The van der Waals surface area contributed by atoms with Gasteiger partial charge in [0.25, 0.3) is 0 Å². The fourth-order valence-electron chi connectivity index (χ4n) is 3.20. The summed E-state index contributed by atoms with van der Waals surface area (Å²) in [6.07, 6.45) is 1.80. The summed E-state index contributed by atoms with van der Waals surface area (Å²) >= 11 is 0. The number of nitrogens with one attached hydrogen (secondary N) is 1. The van der Waals surface area contributed by atoms with Gasteiger partial charge in [0.2, 0.25) is 0 Å². The summed E-state index contributed by atoms with van der Waals surface area (Å²) < 4.78 is 13.3. The summed E-state index contributed by atoms with van der Waals surface area (Å²) in [5.74, 6) is 5.67. The van der Waals surface area contributed by atoms with Crippen LogP contribution in [0.1, 0.15) is 45.2 Å². The van der Waals surface area contributed by atoms with Gasteiger partial charge in [-0.3, -0.25) is 16.2 Å². The van der Waals surface area contributed by atoms with Crippen LogP contribution < -0.4 is 11.3 Å². The molecule has 2 unspecified atom stereocenters. The van der Waals surface area contributed by atoms with Gasteiger partial charge in [-0.2, -0.15) is 0 Å². The smallest absolute Gasteiger partial charge is 0.123 e. The van der Waals surface area contributed by atoms with Gasteiger partial charge < -0.3 is 0 Å². The van der Waals surface area contributed by atoms with E-state index in [1.165, 1.54) is 6.07 Å². The minimum absolute atomic E-state index is 0.0287. The third-order valence-corrected chi connectivity index (χ3v) is 4.88. The predicted octanol–water partition coefficient (Wildman–Crippen LogP) is 3.02. The first-order valence-corrected chi connectivity index (χ1v) is 7.89. The molecule has 0 aromatic heterocycles. The second-order valence-corrected chi connectivity index (χ2v) is 5.88. The molecule has 2 atom stereocenters. The quantitative estimate of drug-likeness (QED) is 0.572. The van der Waals surface area contributed by atoms with Crippen molar-refractivity contribution in [2.75, 3.05) is 13.1 Å². The minimum Gasteiger partial charge on any atom is -0.297 e. The number of benzene rings is 1. The SMILES string of the molecule is CCN(CC)C(C)(CC)C(Cc1ccc(F)cc1C)NN. The molecule has 0 saturated heterocycles. The van der Waals surface area contributed by atoms with Crippen LogP contribution in [-0.4, -0.2) is 29.6 Å². The molecule has 0 aliphatic rings. The highest BCUT2D eigenvalue weighted by atomic mass is 19.1. The molecule has 120 valence electrons. The molecule has 0 bridgehead atoms. The Morgan fingerprint density at radius 1 is 1.29 bits per heavy atom. The monoisotopic (exact) mass is 295 g/mol. The van der Waals surface area contributed by atoms with Crippen molar-refractivity contribution in [1.82, 2.24) is 10.3 Å². The number of hydrogen-bond donors (Lipinski definition) is 2. The number of hydrogen-bond acceptors (Lipinski definition) is 3. The van der Waals surface area contributed by atoms with E-state index >= 15 is 0 Å². The topological polar surface area (TPSA) is 41.3 Å². The Labute approximate surface area is 128 Å². The van der Waals surface area contributed by atoms with Crippen molar-refractivity contribution in [3.8, 4) is 0 Å². The standard InChI is InChI=1S/C17H30FN3/c1-6-17(5,21(7-2)8-3)16(20-19)12-14-9-10-15(18)11-13(14)4/h9-11,16,20H,6-8,12,19H2,1-5H3. The van der Waals surface area contributed by atoms with E-state index in [9.17, 15) is 4.39 Å². The van der Waals surface area contributed by atoms with Crippen LogP contribution in [-0.2, 0) is 6.42 Å². The van der Waals surface area contributed by atoms with Crippen molar-refractivity contribution in [3.05, 3.63) is 35.1 Å². The van der Waals surface area contributed by atoms with Crippen molar-refractivity contribution in [2.45, 2.75) is 59.0 Å². The van der Waals surface area contributed by atoms with E-state index in [1.54, 1.807) is 6.07 Å². The molecule has 0 saturated carbocycles. The van der Waals surface area contributed by atoms with E-state index in [0.717, 1.165) is 37.1 Å². The number of likely N-dealkylation sites (N-methyl/N-ethyl adjacent to an activating group) is 1. The zero-order valence-corrected chi connectivity index (χ0v) is 14.0. The van der Waals surface area contributed by atoms with Gasteiger partial charge in [-0.05, 0) is 63.0 Å². The normalized spacial score (nSPS) is 16.0. The van der Waals surface area contributed by atoms with Gasteiger partial charge in [0.1, 0.15) is 5.82 Å². The Balaban J connectivity index is 3.04. The maximum absolute atomic E-state index is 13.3. The van der Waals surface area contributed by atoms with Crippen LogP contribution in [0.4, 0.5) is 4.39 Å². The van der Waals surface area contributed by atoms with Gasteiger partial charge in [0.05, 0.1) is 0 Å². The Morgan fingerprint density at radius 3 is 2.33 bits per heavy atom. The van der Waals surface area contributed by atoms with Gasteiger partial charge in [0.15, 0.2) is 0 Å². The Hall–Kier alpha value is -0.970. The highest BCUT2D eigenvalue weighted by Crippen LogP contribution is 2.26. The van der Waals surface area contributed by atoms with E-state index in [0.29, 0.717) is 0 Å². The Bertz CT molecular complexity index is 446. The molecule has 0 radical (unpaired) electrons. The zero-order valence-electron chi connectivity index (χ0n) is 14.0. The van der Waals surface area contributed by atoms with Crippen LogP contribution in [0.15, 0.2) is 18.2 Å². The van der Waals surface area contributed by atoms with Crippen LogP contribution in [0.5, 0.6) is 0 Å². The van der Waals surface area contributed by atoms with E-state index in [1.807, 2.05) is 13.0 Å². The first-order chi connectivity index (χ1) is 9.92. The molecule has 1 rings (SSSR count). The lowest BCUT2D eigenvalue weighted by molar-refractivity contribution is 0.0700. The van der Waals surface area contributed by atoms with E-state index in [2.05, 4.69) is 38.0 Å². The summed E-state index contributed by atoms with van der Waals surface area (Å²) in [6.45, 7) is 12.7. The molecule has 1 aromatic rings. The third kappa shape index (κ3) is 4.02.